The van der Waals surface area contributed by atoms with Crippen LogP contribution in [0.5, 0.6) is 0 Å². The number of nitrogens with zero attached hydrogens (tertiary/aromatic N) is 2. The number of hydrogen-bond donors (Lipinski definition) is 1. The molecule has 0 aliphatic carbocycles. The number of thiocarbonyl (C=S) groups is 1. The monoisotopic (exact) mass is 329 g/mol. The van der Waals surface area contributed by atoms with Gasteiger partial charge >= 0.3 is 0 Å². The zero-order chi connectivity index (χ0) is 16.2. The van der Waals surface area contributed by atoms with Crippen molar-refractivity contribution in [3.63, 3.8) is 0 Å². The van der Waals surface area contributed by atoms with Crippen LogP contribution < -0.4 is 10.2 Å². The predicted molar refractivity (Wildman–Crippen MR) is 97.7 cm³/mol. The average molecular weight is 329 g/mol. The number of piperazine rings is 1. The molecule has 1 N–H and O–H groups in total. The molecule has 1 aromatic heterocycles. The van der Waals surface area contributed by atoms with Gasteiger partial charge in [-0.15, -0.1) is 0 Å². The van der Waals surface area contributed by atoms with Gasteiger partial charge in [0, 0.05) is 31.4 Å². The van der Waals surface area contributed by atoms with Gasteiger partial charge in [-0.3, -0.25) is 0 Å². The van der Waals surface area contributed by atoms with Crippen molar-refractivity contribution in [2.45, 2.75) is 26.4 Å². The van der Waals surface area contributed by atoms with E-state index in [1.54, 1.807) is 6.26 Å². The lowest BCUT2D eigenvalue weighted by Crippen LogP contribution is -2.55. The molecule has 1 aliphatic heterocycles. The molecular weight excluding hydrogens is 306 g/mol. The summed E-state index contributed by atoms with van der Waals surface area (Å²) in [7, 11) is 0. The molecule has 4 nitrogen and oxygen atoms in total. The van der Waals surface area contributed by atoms with E-state index < -0.39 is 0 Å². The van der Waals surface area contributed by atoms with Crippen LogP contribution in [0.4, 0.5) is 5.69 Å². The zero-order valence-electron chi connectivity index (χ0n) is 13.7. The van der Waals surface area contributed by atoms with Gasteiger partial charge in [0.05, 0.1) is 12.8 Å². The maximum Gasteiger partial charge on any atom is 0.169 e. The highest BCUT2D eigenvalue weighted by molar-refractivity contribution is 7.80. The number of hydrogen-bond acceptors (Lipinski definition) is 3. The first-order valence-corrected chi connectivity index (χ1v) is 8.43. The van der Waals surface area contributed by atoms with Gasteiger partial charge < -0.3 is 19.5 Å². The van der Waals surface area contributed by atoms with Gasteiger partial charge in [0.1, 0.15) is 5.76 Å². The van der Waals surface area contributed by atoms with E-state index in [0.717, 1.165) is 30.5 Å². The van der Waals surface area contributed by atoms with Crippen LogP contribution in [0.1, 0.15) is 18.2 Å². The summed E-state index contributed by atoms with van der Waals surface area (Å²) in [6.07, 6.45) is 1.68. The fourth-order valence-electron chi connectivity index (χ4n) is 2.95. The van der Waals surface area contributed by atoms with Crippen LogP contribution in [-0.2, 0) is 6.54 Å². The highest BCUT2D eigenvalue weighted by Gasteiger charge is 2.25. The second kappa shape index (κ2) is 7.04. The van der Waals surface area contributed by atoms with Crippen LogP contribution >= 0.6 is 12.2 Å². The lowest BCUT2D eigenvalue weighted by Gasteiger charge is -2.42. The average Bonchev–Trinajstić information content (AvgIpc) is 3.07. The number of anilines is 1. The minimum absolute atomic E-state index is 0.426. The second-order valence-electron chi connectivity index (χ2n) is 6.06. The first kappa shape index (κ1) is 15.9. The number of rotatable bonds is 3. The molecule has 1 fully saturated rings. The Morgan fingerprint density at radius 2 is 2.04 bits per heavy atom. The van der Waals surface area contributed by atoms with Crippen LogP contribution in [-0.4, -0.2) is 35.7 Å². The van der Waals surface area contributed by atoms with Crippen molar-refractivity contribution >= 4 is 23.0 Å². The number of nitrogens with one attached hydrogen (secondary N) is 1. The highest BCUT2D eigenvalue weighted by atomic mass is 32.1. The van der Waals surface area contributed by atoms with Gasteiger partial charge in [-0.2, -0.15) is 0 Å². The first-order valence-electron chi connectivity index (χ1n) is 8.02. The fraction of sp³-hybridized carbons (Fsp3) is 0.389. The number of benzene rings is 1. The molecule has 0 spiro atoms. The van der Waals surface area contributed by atoms with Gasteiger partial charge in [0.15, 0.2) is 5.11 Å². The zero-order valence-corrected chi connectivity index (χ0v) is 14.5. The lowest BCUT2D eigenvalue weighted by molar-refractivity contribution is 0.332. The van der Waals surface area contributed by atoms with E-state index in [2.05, 4.69) is 53.2 Å². The van der Waals surface area contributed by atoms with Gasteiger partial charge in [-0.25, -0.2) is 0 Å². The van der Waals surface area contributed by atoms with E-state index in [4.69, 9.17) is 16.6 Å². The molecule has 2 aromatic rings. The quantitative estimate of drug-likeness (QED) is 0.874. The van der Waals surface area contributed by atoms with Crippen molar-refractivity contribution in [2.24, 2.45) is 0 Å². The molecule has 1 aliphatic rings. The molecule has 3 rings (SSSR count). The first-order chi connectivity index (χ1) is 11.1. The minimum Gasteiger partial charge on any atom is -0.467 e. The number of aryl methyl sites for hydroxylation is 1. The lowest BCUT2D eigenvalue weighted by atomic mass is 10.1. The van der Waals surface area contributed by atoms with E-state index in [-0.39, 0.29) is 0 Å². The van der Waals surface area contributed by atoms with Crippen LogP contribution in [0.15, 0.2) is 47.1 Å². The fourth-order valence-corrected chi connectivity index (χ4v) is 3.19. The van der Waals surface area contributed by atoms with Crippen molar-refractivity contribution < 1.29 is 4.42 Å². The van der Waals surface area contributed by atoms with Crippen molar-refractivity contribution in [1.82, 2.24) is 10.2 Å². The molecule has 23 heavy (non-hydrogen) atoms. The topological polar surface area (TPSA) is 31.6 Å². The van der Waals surface area contributed by atoms with E-state index in [1.165, 1.54) is 11.3 Å². The molecule has 5 heteroatoms. The Kier molecular flexibility index (Phi) is 4.86. The third-order valence-electron chi connectivity index (χ3n) is 4.27. The Hall–Kier alpha value is -2.01. The maximum absolute atomic E-state index is 5.53. The van der Waals surface area contributed by atoms with Crippen LogP contribution in [0, 0.1) is 6.92 Å². The standard InChI is InChI=1S/C18H23N3OS/c1-14-5-7-16(8-6-14)21-10-9-20(13-15(21)2)18(23)19-12-17-4-3-11-22-17/h3-8,11,15H,9-10,12-13H2,1-2H3,(H,19,23). The predicted octanol–water partition coefficient (Wildman–Crippen LogP) is 3.17. The summed E-state index contributed by atoms with van der Waals surface area (Å²) in [5, 5.41) is 4.09. The highest BCUT2D eigenvalue weighted by Crippen LogP contribution is 2.21. The molecule has 0 radical (unpaired) electrons. The normalized spacial score (nSPS) is 18.1. The molecule has 1 saturated heterocycles. The van der Waals surface area contributed by atoms with Crippen molar-refractivity contribution in [2.75, 3.05) is 24.5 Å². The van der Waals surface area contributed by atoms with Crippen LogP contribution in [0.2, 0.25) is 0 Å². The van der Waals surface area contributed by atoms with Crippen molar-refractivity contribution in [1.29, 1.82) is 0 Å². The van der Waals surface area contributed by atoms with Crippen molar-refractivity contribution in [3.8, 4) is 0 Å². The van der Waals surface area contributed by atoms with Gasteiger partial charge in [0.25, 0.3) is 0 Å². The molecule has 122 valence electrons. The molecule has 0 saturated carbocycles. The van der Waals surface area contributed by atoms with Crippen LogP contribution in [0.25, 0.3) is 0 Å². The molecule has 1 aromatic carbocycles. The van der Waals surface area contributed by atoms with E-state index in [9.17, 15) is 0 Å². The largest absolute Gasteiger partial charge is 0.467 e. The summed E-state index contributed by atoms with van der Waals surface area (Å²) in [5.41, 5.74) is 2.58. The Balaban J connectivity index is 1.55. The Labute approximate surface area is 143 Å². The SMILES string of the molecule is Cc1ccc(N2CCN(C(=S)NCc3ccco3)CC2C)cc1. The minimum atomic E-state index is 0.426. The summed E-state index contributed by atoms with van der Waals surface area (Å²) in [6, 6.07) is 13.0. The van der Waals surface area contributed by atoms with Gasteiger partial charge in [-0.1, -0.05) is 17.7 Å². The van der Waals surface area contributed by atoms with E-state index in [0.29, 0.717) is 12.6 Å². The summed E-state index contributed by atoms with van der Waals surface area (Å²) in [4.78, 5) is 4.69. The molecule has 2 heterocycles. The van der Waals surface area contributed by atoms with Crippen molar-refractivity contribution in [3.05, 3.63) is 54.0 Å². The smallest absolute Gasteiger partial charge is 0.169 e. The molecule has 0 amide bonds. The van der Waals surface area contributed by atoms with E-state index in [1.807, 2.05) is 12.1 Å². The third-order valence-corrected chi connectivity index (χ3v) is 4.68. The molecular formula is C18H23N3OS. The summed E-state index contributed by atoms with van der Waals surface area (Å²) >= 11 is 5.53. The summed E-state index contributed by atoms with van der Waals surface area (Å²) in [6.45, 7) is 7.85. The Morgan fingerprint density at radius 1 is 1.26 bits per heavy atom. The Bertz CT molecular complexity index is 639. The van der Waals surface area contributed by atoms with Gasteiger partial charge in [0.2, 0.25) is 0 Å². The summed E-state index contributed by atoms with van der Waals surface area (Å²) in [5.74, 6) is 0.902. The van der Waals surface area contributed by atoms with Crippen LogP contribution in [0.3, 0.4) is 0 Å². The summed E-state index contributed by atoms with van der Waals surface area (Å²) < 4.78 is 5.33. The maximum atomic E-state index is 5.53. The van der Waals surface area contributed by atoms with E-state index >= 15 is 0 Å². The third kappa shape index (κ3) is 3.85. The molecule has 1 atom stereocenters. The number of furan rings is 1. The second-order valence-corrected chi connectivity index (χ2v) is 6.45. The Morgan fingerprint density at radius 3 is 2.70 bits per heavy atom. The molecule has 0 bridgehead atoms. The molecule has 1 unspecified atom stereocenters. The van der Waals surface area contributed by atoms with Gasteiger partial charge in [-0.05, 0) is 50.3 Å².